The molecule has 0 saturated carbocycles. The van der Waals surface area contributed by atoms with Crippen molar-refractivity contribution in [2.75, 3.05) is 0 Å². The van der Waals surface area contributed by atoms with Crippen LogP contribution < -0.4 is 0 Å². The zero-order valence-electron chi connectivity index (χ0n) is 14.5. The first-order valence-electron chi connectivity index (χ1n) is 8.00. The van der Waals surface area contributed by atoms with Gasteiger partial charge < -0.3 is 14.4 Å². The molecule has 0 atom stereocenters. The molecule has 0 aliphatic carbocycles. The second kappa shape index (κ2) is 6.81. The highest BCUT2D eigenvalue weighted by Gasteiger charge is 2.12. The molecular formula is C20H20N2O3. The number of carbonyl (C=O) groups excluding carboxylic acids is 1. The van der Waals surface area contributed by atoms with E-state index >= 15 is 0 Å². The third-order valence-electron chi connectivity index (χ3n) is 4.03. The highest BCUT2D eigenvalue weighted by Crippen LogP contribution is 2.26. The van der Waals surface area contributed by atoms with Gasteiger partial charge in [0, 0.05) is 12.4 Å². The van der Waals surface area contributed by atoms with Crippen molar-refractivity contribution >= 4 is 5.97 Å². The normalized spacial score (nSPS) is 10.7. The van der Waals surface area contributed by atoms with E-state index in [1.54, 1.807) is 35.4 Å². The van der Waals surface area contributed by atoms with Crippen molar-refractivity contribution in [3.05, 3.63) is 76.9 Å². The number of imidazole rings is 1. The molecule has 128 valence electrons. The fraction of sp³-hybridized carbons (Fsp3) is 0.200. The van der Waals surface area contributed by atoms with Crippen molar-refractivity contribution < 1.29 is 14.6 Å². The zero-order valence-corrected chi connectivity index (χ0v) is 14.5. The Morgan fingerprint density at radius 3 is 2.48 bits per heavy atom. The first kappa shape index (κ1) is 16.8. The van der Waals surface area contributed by atoms with Crippen molar-refractivity contribution in [1.29, 1.82) is 0 Å². The number of aryl methyl sites for hydroxylation is 3. The number of aromatic nitrogens is 2. The number of nitrogens with zero attached hydrogens (tertiary/aromatic N) is 2. The molecule has 5 heteroatoms. The van der Waals surface area contributed by atoms with E-state index in [0.717, 1.165) is 22.3 Å². The number of phenolic OH excluding ortho intramolecular Hbond substituents is 1. The first-order valence-corrected chi connectivity index (χ1v) is 8.00. The lowest BCUT2D eigenvalue weighted by molar-refractivity contribution is 0.0472. The van der Waals surface area contributed by atoms with Gasteiger partial charge in [0.1, 0.15) is 12.4 Å². The summed E-state index contributed by atoms with van der Waals surface area (Å²) in [6.07, 6.45) is 4.99. The zero-order chi connectivity index (χ0) is 18.0. The van der Waals surface area contributed by atoms with Crippen molar-refractivity contribution in [3.63, 3.8) is 0 Å². The quantitative estimate of drug-likeness (QED) is 0.735. The number of esters is 1. The van der Waals surface area contributed by atoms with Crippen LogP contribution in [0.3, 0.4) is 0 Å². The Bertz CT molecular complexity index is 895. The van der Waals surface area contributed by atoms with E-state index in [1.807, 2.05) is 39.0 Å². The number of benzene rings is 2. The molecule has 0 saturated heterocycles. The molecule has 0 aliphatic heterocycles. The maximum atomic E-state index is 12.3. The lowest BCUT2D eigenvalue weighted by atomic mass is 10.1. The van der Waals surface area contributed by atoms with Crippen LogP contribution in [-0.2, 0) is 11.3 Å². The van der Waals surface area contributed by atoms with Crippen LogP contribution in [0.1, 0.15) is 32.6 Å². The number of hydrogen-bond acceptors (Lipinski definition) is 4. The molecule has 3 aromatic rings. The van der Waals surface area contributed by atoms with Crippen molar-refractivity contribution in [2.45, 2.75) is 27.4 Å². The van der Waals surface area contributed by atoms with E-state index in [-0.39, 0.29) is 18.3 Å². The maximum absolute atomic E-state index is 12.3. The summed E-state index contributed by atoms with van der Waals surface area (Å²) in [5.41, 5.74) is 4.88. The Kier molecular flexibility index (Phi) is 4.57. The number of aromatic hydroxyl groups is 1. The minimum Gasteiger partial charge on any atom is -0.506 e. The van der Waals surface area contributed by atoms with E-state index in [1.165, 1.54) is 0 Å². The third kappa shape index (κ3) is 3.71. The van der Waals surface area contributed by atoms with Crippen LogP contribution in [0.4, 0.5) is 0 Å². The number of hydrogen-bond donors (Lipinski definition) is 1. The summed E-state index contributed by atoms with van der Waals surface area (Å²) in [5, 5.41) is 10.1. The molecule has 3 rings (SSSR count). The molecule has 25 heavy (non-hydrogen) atoms. The van der Waals surface area contributed by atoms with Crippen LogP contribution >= 0.6 is 0 Å². The van der Waals surface area contributed by atoms with E-state index in [2.05, 4.69) is 4.98 Å². The van der Waals surface area contributed by atoms with Gasteiger partial charge in [0.2, 0.25) is 0 Å². The van der Waals surface area contributed by atoms with Gasteiger partial charge >= 0.3 is 5.97 Å². The molecule has 5 nitrogen and oxygen atoms in total. The molecule has 0 bridgehead atoms. The van der Waals surface area contributed by atoms with Crippen molar-refractivity contribution in [2.24, 2.45) is 0 Å². The van der Waals surface area contributed by atoms with Gasteiger partial charge in [-0.15, -0.1) is 0 Å². The predicted molar refractivity (Wildman–Crippen MR) is 95.0 cm³/mol. The molecule has 0 spiro atoms. The minimum atomic E-state index is -0.358. The first-order chi connectivity index (χ1) is 11.9. The summed E-state index contributed by atoms with van der Waals surface area (Å²) in [7, 11) is 0. The Morgan fingerprint density at radius 2 is 1.84 bits per heavy atom. The molecule has 2 aromatic carbocycles. The lowest BCUT2D eigenvalue weighted by Crippen LogP contribution is -2.07. The molecule has 1 N–H and O–H groups in total. The predicted octanol–water partition coefficient (Wildman–Crippen LogP) is 3.86. The second-order valence-electron chi connectivity index (χ2n) is 6.19. The van der Waals surface area contributed by atoms with Crippen LogP contribution in [-0.4, -0.2) is 20.6 Å². The fourth-order valence-corrected chi connectivity index (χ4v) is 2.81. The highest BCUT2D eigenvalue weighted by molar-refractivity contribution is 5.89. The summed E-state index contributed by atoms with van der Waals surface area (Å²) < 4.78 is 7.18. The molecule has 1 aromatic heterocycles. The van der Waals surface area contributed by atoms with Crippen molar-refractivity contribution in [1.82, 2.24) is 9.55 Å². The number of rotatable bonds is 4. The molecule has 1 heterocycles. The average molecular weight is 336 g/mol. The monoisotopic (exact) mass is 336 g/mol. The van der Waals surface area contributed by atoms with E-state index in [4.69, 9.17) is 4.74 Å². The van der Waals surface area contributed by atoms with E-state index < -0.39 is 0 Å². The standard InChI is InChI=1S/C20H20N2O3/c1-13-6-14(2)8-16(7-13)20(24)25-11-17-10-18(19(23)9-15(17)3)22-5-4-21-12-22/h4-10,12,23H,11H2,1-3H3. The summed E-state index contributed by atoms with van der Waals surface area (Å²) in [6, 6.07) is 9.11. The SMILES string of the molecule is Cc1cc(C)cc(C(=O)OCc2cc(-n3ccnc3)c(O)cc2C)c1. The second-order valence-corrected chi connectivity index (χ2v) is 6.19. The molecule has 0 unspecified atom stereocenters. The topological polar surface area (TPSA) is 64.4 Å². The summed E-state index contributed by atoms with van der Waals surface area (Å²) in [5.74, 6) is -0.205. The van der Waals surface area contributed by atoms with Crippen LogP contribution in [0.5, 0.6) is 5.75 Å². The molecule has 0 amide bonds. The smallest absolute Gasteiger partial charge is 0.338 e. The van der Waals surface area contributed by atoms with Gasteiger partial charge in [-0.25, -0.2) is 9.78 Å². The van der Waals surface area contributed by atoms with Gasteiger partial charge in [-0.1, -0.05) is 17.2 Å². The van der Waals surface area contributed by atoms with Crippen LogP contribution in [0.2, 0.25) is 0 Å². The maximum Gasteiger partial charge on any atom is 0.338 e. The Labute approximate surface area is 146 Å². The number of phenols is 1. The summed E-state index contributed by atoms with van der Waals surface area (Å²) in [4.78, 5) is 16.3. The van der Waals surface area contributed by atoms with E-state index in [0.29, 0.717) is 11.3 Å². The highest BCUT2D eigenvalue weighted by atomic mass is 16.5. The Balaban J connectivity index is 1.81. The minimum absolute atomic E-state index is 0.139. The van der Waals surface area contributed by atoms with Gasteiger partial charge in [-0.05, 0) is 56.2 Å². The fourth-order valence-electron chi connectivity index (χ4n) is 2.81. The van der Waals surface area contributed by atoms with Gasteiger partial charge in [-0.2, -0.15) is 0 Å². The third-order valence-corrected chi connectivity index (χ3v) is 4.03. The molecular weight excluding hydrogens is 316 g/mol. The Morgan fingerprint density at radius 1 is 1.12 bits per heavy atom. The van der Waals surface area contributed by atoms with Crippen LogP contribution in [0.25, 0.3) is 5.69 Å². The van der Waals surface area contributed by atoms with E-state index in [9.17, 15) is 9.90 Å². The molecule has 0 aliphatic rings. The summed E-state index contributed by atoms with van der Waals surface area (Å²) in [6.45, 7) is 5.91. The van der Waals surface area contributed by atoms with Gasteiger partial charge in [0.25, 0.3) is 0 Å². The van der Waals surface area contributed by atoms with Crippen LogP contribution in [0, 0.1) is 20.8 Å². The number of carbonyl (C=O) groups is 1. The van der Waals surface area contributed by atoms with Crippen LogP contribution in [0.15, 0.2) is 49.1 Å². The average Bonchev–Trinajstić information content (AvgIpc) is 3.07. The molecule has 0 radical (unpaired) electrons. The Hall–Kier alpha value is -3.08. The van der Waals surface area contributed by atoms with Gasteiger partial charge in [-0.3, -0.25) is 0 Å². The number of ether oxygens (including phenoxy) is 1. The van der Waals surface area contributed by atoms with Crippen molar-refractivity contribution in [3.8, 4) is 11.4 Å². The van der Waals surface area contributed by atoms with Gasteiger partial charge in [0.05, 0.1) is 17.6 Å². The summed E-state index contributed by atoms with van der Waals surface area (Å²) >= 11 is 0. The largest absolute Gasteiger partial charge is 0.506 e. The lowest BCUT2D eigenvalue weighted by Gasteiger charge is -2.12. The van der Waals surface area contributed by atoms with Gasteiger partial charge in [0.15, 0.2) is 0 Å². The molecule has 0 fully saturated rings.